The number of rotatable bonds is 4. The molecule has 1 unspecified atom stereocenters. The Labute approximate surface area is 198 Å². The minimum Gasteiger partial charge on any atom is -0.460 e. The number of carbonyl (C=O) groups excluding carboxylic acids is 1. The molecule has 1 aliphatic heterocycles. The Morgan fingerprint density at radius 3 is 2.66 bits per heavy atom. The van der Waals surface area contributed by atoms with Crippen LogP contribution in [0.25, 0.3) is 10.2 Å². The summed E-state index contributed by atoms with van der Waals surface area (Å²) < 4.78 is 46.9. The number of alkyl halides is 3. The molecule has 0 spiro atoms. The maximum atomic E-state index is 13.2. The minimum absolute atomic E-state index is 0.0625. The number of nitrogens with one attached hydrogen (secondary N) is 2. The highest BCUT2D eigenvalue weighted by atomic mass is 32.1. The molecule has 10 nitrogen and oxygen atoms in total. The Kier molecular flexibility index (Phi) is 5.09. The molecule has 0 saturated carbocycles. The average molecular weight is 506 g/mol. The Morgan fingerprint density at radius 1 is 1.26 bits per heavy atom. The molecular weight excluding hydrogens is 489 g/mol. The van der Waals surface area contributed by atoms with Crippen LogP contribution in [0.2, 0.25) is 0 Å². The first-order valence-corrected chi connectivity index (χ1v) is 11.1. The van der Waals surface area contributed by atoms with Crippen molar-refractivity contribution >= 4 is 38.8 Å². The second-order valence-corrected chi connectivity index (χ2v) is 9.10. The second-order valence-electron chi connectivity index (χ2n) is 8.10. The number of halogens is 3. The van der Waals surface area contributed by atoms with E-state index in [9.17, 15) is 28.1 Å². The number of fused-ring (bicyclic) bond motifs is 3. The van der Waals surface area contributed by atoms with Crippen LogP contribution in [0.4, 0.5) is 24.5 Å². The molecule has 5 heterocycles. The van der Waals surface area contributed by atoms with E-state index in [1.807, 2.05) is 0 Å². The average Bonchev–Trinajstić information content (AvgIpc) is 3.44. The van der Waals surface area contributed by atoms with Gasteiger partial charge in [-0.1, -0.05) is 0 Å². The van der Waals surface area contributed by atoms with Crippen LogP contribution in [-0.4, -0.2) is 25.6 Å². The Hall–Kier alpha value is -3.94. The van der Waals surface area contributed by atoms with Gasteiger partial charge in [-0.15, -0.1) is 11.3 Å². The zero-order valence-corrected chi connectivity index (χ0v) is 19.3. The van der Waals surface area contributed by atoms with Gasteiger partial charge in [-0.05, 0) is 44.5 Å². The van der Waals surface area contributed by atoms with E-state index in [-0.39, 0.29) is 27.6 Å². The van der Waals surface area contributed by atoms with Crippen molar-refractivity contribution in [2.75, 3.05) is 5.32 Å². The number of anilines is 1. The third kappa shape index (κ3) is 3.79. The largest absolute Gasteiger partial charge is 0.460 e. The van der Waals surface area contributed by atoms with Crippen LogP contribution in [0.5, 0.6) is 0 Å². The van der Waals surface area contributed by atoms with E-state index in [4.69, 9.17) is 4.42 Å². The topological polar surface area (TPSA) is 128 Å². The monoisotopic (exact) mass is 506 g/mol. The van der Waals surface area contributed by atoms with E-state index in [2.05, 4.69) is 20.7 Å². The zero-order valence-electron chi connectivity index (χ0n) is 18.5. The van der Waals surface area contributed by atoms with Crippen LogP contribution in [0.15, 0.2) is 22.6 Å². The summed E-state index contributed by atoms with van der Waals surface area (Å²) in [6.07, 6.45) is -5.38. The summed E-state index contributed by atoms with van der Waals surface area (Å²) in [6.45, 7) is 4.81. The number of aromatic nitrogens is 3. The van der Waals surface area contributed by atoms with Crippen molar-refractivity contribution in [1.29, 1.82) is 0 Å². The molecule has 2 N–H and O–H groups in total. The first-order valence-electron chi connectivity index (χ1n) is 10.3. The predicted molar refractivity (Wildman–Crippen MR) is 119 cm³/mol. The van der Waals surface area contributed by atoms with E-state index in [1.165, 1.54) is 11.6 Å². The fraction of sp³-hybridized carbons (Fsp3) is 0.286. The van der Waals surface area contributed by atoms with Crippen molar-refractivity contribution in [1.82, 2.24) is 20.1 Å². The first-order chi connectivity index (χ1) is 16.4. The highest BCUT2D eigenvalue weighted by Gasteiger charge is 2.36. The summed E-state index contributed by atoms with van der Waals surface area (Å²) in [6, 6.07) is 4.26. The molecule has 182 valence electrons. The van der Waals surface area contributed by atoms with Gasteiger partial charge < -0.3 is 15.1 Å². The van der Waals surface area contributed by atoms with Gasteiger partial charge in [-0.25, -0.2) is 4.98 Å². The van der Waals surface area contributed by atoms with Crippen LogP contribution in [-0.2, 0) is 12.7 Å². The lowest BCUT2D eigenvalue weighted by atomic mass is 10.1. The van der Waals surface area contributed by atoms with Crippen LogP contribution in [0.3, 0.4) is 0 Å². The molecule has 35 heavy (non-hydrogen) atoms. The predicted octanol–water partition coefficient (Wildman–Crippen LogP) is 4.84. The van der Waals surface area contributed by atoms with E-state index in [0.29, 0.717) is 33.9 Å². The molecule has 5 rings (SSSR count). The molecule has 14 heteroatoms. The van der Waals surface area contributed by atoms with E-state index in [1.54, 1.807) is 26.0 Å². The van der Waals surface area contributed by atoms with Crippen molar-refractivity contribution in [2.45, 2.75) is 39.7 Å². The van der Waals surface area contributed by atoms with Gasteiger partial charge in [-0.2, -0.15) is 18.3 Å². The summed E-state index contributed by atoms with van der Waals surface area (Å²) in [7, 11) is 0. The summed E-state index contributed by atoms with van der Waals surface area (Å²) >= 11 is 0.881. The third-order valence-corrected chi connectivity index (χ3v) is 6.80. The number of nitro groups is 1. The van der Waals surface area contributed by atoms with Crippen molar-refractivity contribution < 1.29 is 27.3 Å². The standard InChI is InChI=1S/C21H17F3N6O4S/c1-8-6-13(21(22,23)24)25-20-14(8)15-17(35-20)19(31)27-18(26-15)12-5-4-11(34-12)7-29-10(3)16(30(32)33)9(2)28-29/h4-6,18,26H,7H2,1-3H3,(H,27,31). The van der Waals surface area contributed by atoms with Gasteiger partial charge in [0.15, 0.2) is 6.17 Å². The molecule has 0 radical (unpaired) electrons. The second kappa shape index (κ2) is 7.80. The number of aryl methyl sites for hydroxylation is 2. The van der Waals surface area contributed by atoms with E-state index >= 15 is 0 Å². The highest BCUT2D eigenvalue weighted by molar-refractivity contribution is 7.21. The molecule has 0 saturated heterocycles. The molecule has 4 aromatic heterocycles. The zero-order chi connectivity index (χ0) is 25.2. The number of hydrogen-bond donors (Lipinski definition) is 2. The van der Waals surface area contributed by atoms with E-state index < -0.39 is 28.9 Å². The normalized spacial score (nSPS) is 15.7. The molecule has 4 aromatic rings. The first kappa shape index (κ1) is 22.8. The van der Waals surface area contributed by atoms with Gasteiger partial charge in [0.1, 0.15) is 38.3 Å². The van der Waals surface area contributed by atoms with Gasteiger partial charge in [0.25, 0.3) is 5.91 Å². The fourth-order valence-corrected chi connectivity index (χ4v) is 5.25. The maximum Gasteiger partial charge on any atom is 0.433 e. The van der Waals surface area contributed by atoms with Gasteiger partial charge >= 0.3 is 11.9 Å². The molecule has 1 atom stereocenters. The van der Waals surface area contributed by atoms with Crippen molar-refractivity contribution in [2.24, 2.45) is 0 Å². The van der Waals surface area contributed by atoms with Gasteiger partial charge in [-0.3, -0.25) is 19.6 Å². The number of pyridine rings is 1. The fourth-order valence-electron chi connectivity index (χ4n) is 4.13. The SMILES string of the molecule is Cc1nn(Cc2ccc(C3NC(=O)c4sc5nc(C(F)(F)F)cc(C)c5c4N3)o2)c(C)c1[N+](=O)[O-]. The van der Waals surface area contributed by atoms with Gasteiger partial charge in [0.2, 0.25) is 0 Å². The highest BCUT2D eigenvalue weighted by Crippen LogP contribution is 2.42. The molecule has 0 bridgehead atoms. The lowest BCUT2D eigenvalue weighted by Crippen LogP contribution is -2.37. The Bertz CT molecular complexity index is 1520. The third-order valence-electron chi connectivity index (χ3n) is 5.72. The Morgan fingerprint density at radius 2 is 2.00 bits per heavy atom. The van der Waals surface area contributed by atoms with Crippen molar-refractivity contribution in [3.05, 3.63) is 67.4 Å². The molecular formula is C21H17F3N6O4S. The quantitative estimate of drug-likeness (QED) is 0.299. The number of carbonyl (C=O) groups is 1. The van der Waals surface area contributed by atoms with Crippen molar-refractivity contribution in [3.63, 3.8) is 0 Å². The number of amides is 1. The molecule has 1 amide bonds. The van der Waals surface area contributed by atoms with Crippen molar-refractivity contribution in [3.8, 4) is 0 Å². The number of hydrogen-bond acceptors (Lipinski definition) is 8. The summed E-state index contributed by atoms with van der Waals surface area (Å²) in [5, 5.41) is 21.7. The number of nitrogens with zero attached hydrogens (tertiary/aromatic N) is 4. The lowest BCUT2D eigenvalue weighted by Gasteiger charge is -2.24. The van der Waals surface area contributed by atoms with Gasteiger partial charge in [0.05, 0.1) is 17.2 Å². The molecule has 0 aliphatic carbocycles. The molecule has 0 fully saturated rings. The van der Waals surface area contributed by atoms with Crippen LogP contribution in [0, 0.1) is 30.9 Å². The minimum atomic E-state index is -4.60. The Balaban J connectivity index is 1.45. The summed E-state index contributed by atoms with van der Waals surface area (Å²) in [5.41, 5.74) is 0.322. The van der Waals surface area contributed by atoms with Crippen LogP contribution < -0.4 is 10.6 Å². The lowest BCUT2D eigenvalue weighted by molar-refractivity contribution is -0.386. The maximum absolute atomic E-state index is 13.2. The number of thiophene rings is 1. The van der Waals surface area contributed by atoms with Gasteiger partial charge in [0, 0.05) is 5.39 Å². The summed E-state index contributed by atoms with van der Waals surface area (Å²) in [4.78, 5) is 27.6. The van der Waals surface area contributed by atoms with Crippen LogP contribution >= 0.6 is 11.3 Å². The summed E-state index contributed by atoms with van der Waals surface area (Å²) in [5.74, 6) is 0.337. The molecule has 0 aromatic carbocycles. The van der Waals surface area contributed by atoms with E-state index in [0.717, 1.165) is 17.4 Å². The smallest absolute Gasteiger partial charge is 0.433 e. The molecule has 1 aliphatic rings. The van der Waals surface area contributed by atoms with Crippen LogP contribution in [0.1, 0.15) is 50.0 Å². The number of furan rings is 1.